The van der Waals surface area contributed by atoms with Crippen LogP contribution in [0.25, 0.3) is 0 Å². The van der Waals surface area contributed by atoms with Crippen LogP contribution in [0.2, 0.25) is 0 Å². The Morgan fingerprint density at radius 3 is 2.28 bits per heavy atom. The molecule has 3 aliphatic rings. The molecule has 32 heavy (non-hydrogen) atoms. The topological polar surface area (TPSA) is 107 Å². The first kappa shape index (κ1) is 22.9. The third-order valence-electron chi connectivity index (χ3n) is 5.13. The van der Waals surface area contributed by atoms with E-state index in [0.717, 1.165) is 18.9 Å². The minimum Gasteiger partial charge on any atom is -0.478 e. The van der Waals surface area contributed by atoms with Gasteiger partial charge in [0.15, 0.2) is 5.82 Å². The Kier molecular flexibility index (Phi) is 7.89. The van der Waals surface area contributed by atoms with E-state index >= 15 is 0 Å². The van der Waals surface area contributed by atoms with Gasteiger partial charge in [-0.25, -0.2) is 14.0 Å². The van der Waals surface area contributed by atoms with Crippen molar-refractivity contribution in [2.24, 2.45) is 0 Å². The number of anilines is 1. The van der Waals surface area contributed by atoms with Gasteiger partial charge in [-0.1, -0.05) is 12.0 Å². The maximum Gasteiger partial charge on any atom is 0.328 e. The number of carbonyl (C=O) groups is 2. The van der Waals surface area contributed by atoms with E-state index in [1.54, 1.807) is 12.1 Å². The molecular weight excluding hydrogens is 415 g/mol. The van der Waals surface area contributed by atoms with Crippen molar-refractivity contribution < 1.29 is 24.2 Å². The van der Waals surface area contributed by atoms with Crippen LogP contribution < -0.4 is 4.90 Å². The quantitative estimate of drug-likeness (QED) is 0.554. The Hall–Kier alpha value is -3.77. The number of hydrogen-bond donors (Lipinski definition) is 2. The Labute approximate surface area is 185 Å². The molecule has 0 radical (unpaired) electrons. The minimum absolute atomic E-state index is 0.282. The summed E-state index contributed by atoms with van der Waals surface area (Å²) in [7, 11) is 0. The van der Waals surface area contributed by atoms with Gasteiger partial charge in [0, 0.05) is 49.9 Å². The Morgan fingerprint density at radius 1 is 0.969 bits per heavy atom. The lowest BCUT2D eigenvalue weighted by Crippen LogP contribution is -2.38. The summed E-state index contributed by atoms with van der Waals surface area (Å²) in [5, 5.41) is 24.2. The zero-order chi connectivity index (χ0) is 22.9. The number of aliphatic carboxylic acids is 2. The molecule has 0 amide bonds. The number of hydrogen-bond acceptors (Lipinski definition) is 6. The summed E-state index contributed by atoms with van der Waals surface area (Å²) >= 11 is 0. The number of rotatable bonds is 3. The summed E-state index contributed by atoms with van der Waals surface area (Å²) < 4.78 is 13.2. The minimum atomic E-state index is -1.26. The van der Waals surface area contributed by atoms with Crippen molar-refractivity contribution in [3.05, 3.63) is 65.6 Å². The summed E-state index contributed by atoms with van der Waals surface area (Å²) in [5.41, 5.74) is 1.24. The maximum atomic E-state index is 13.2. The molecule has 2 bridgehead atoms. The summed E-state index contributed by atoms with van der Waals surface area (Å²) in [4.78, 5) is 24.0. The van der Waals surface area contributed by atoms with Crippen molar-refractivity contribution in [1.29, 1.82) is 0 Å². The molecule has 0 atom stereocenters. The zero-order valence-corrected chi connectivity index (χ0v) is 17.3. The van der Waals surface area contributed by atoms with Crippen LogP contribution in [0.5, 0.6) is 0 Å². The zero-order valence-electron chi connectivity index (χ0n) is 17.3. The monoisotopic (exact) mass is 438 g/mol. The van der Waals surface area contributed by atoms with Crippen LogP contribution in [-0.2, 0) is 9.59 Å². The highest BCUT2D eigenvalue weighted by atomic mass is 19.1. The van der Waals surface area contributed by atoms with Crippen LogP contribution in [0, 0.1) is 17.7 Å². The molecule has 0 unspecified atom stereocenters. The summed E-state index contributed by atoms with van der Waals surface area (Å²) in [6, 6.07) is 10.7. The molecule has 2 N–H and O–H groups in total. The van der Waals surface area contributed by atoms with Crippen molar-refractivity contribution >= 4 is 17.8 Å². The highest BCUT2D eigenvalue weighted by Gasteiger charge is 2.29. The molecule has 0 saturated carbocycles. The molecule has 4 heterocycles. The van der Waals surface area contributed by atoms with Crippen molar-refractivity contribution in [3.63, 3.8) is 0 Å². The number of nitrogens with zero attached hydrogens (tertiary/aromatic N) is 4. The molecule has 9 heteroatoms. The van der Waals surface area contributed by atoms with Gasteiger partial charge in [-0.2, -0.15) is 0 Å². The van der Waals surface area contributed by atoms with Crippen LogP contribution in [0.4, 0.5) is 10.2 Å². The van der Waals surface area contributed by atoms with Crippen molar-refractivity contribution in [1.82, 2.24) is 15.1 Å². The van der Waals surface area contributed by atoms with Crippen LogP contribution in [0.15, 0.2) is 48.6 Å². The van der Waals surface area contributed by atoms with E-state index in [2.05, 4.69) is 31.8 Å². The third kappa shape index (κ3) is 6.89. The number of piperidine rings is 1. The Bertz CT molecular complexity index is 1020. The first-order valence-electron chi connectivity index (χ1n) is 10.1. The number of aromatic nitrogens is 2. The van der Waals surface area contributed by atoms with E-state index in [4.69, 9.17) is 10.2 Å². The van der Waals surface area contributed by atoms with Gasteiger partial charge in [0.05, 0.1) is 0 Å². The molecule has 0 aliphatic carbocycles. The predicted molar refractivity (Wildman–Crippen MR) is 116 cm³/mol. The number of benzene rings is 1. The number of fused-ring (bicyclic) bond motifs is 4. The second-order valence-corrected chi connectivity index (χ2v) is 7.31. The standard InChI is InChI=1S/C19H19FN4.C4H4O4/c20-16-3-1-2-15(14-16)4-5-17-6-7-19(22-21-17)24-13-12-23-10-8-18(24)9-11-23;5-3(6)1-2-4(7)8/h1-3,6-7,14,18H,8-13H2;1-2H,(H,5,6)(H,7,8)/b;2-1+. The molecule has 1 aromatic carbocycles. The highest BCUT2D eigenvalue weighted by molar-refractivity contribution is 5.89. The largest absolute Gasteiger partial charge is 0.478 e. The SMILES string of the molecule is Fc1cccc(C#Cc2ccc(N3CCN4CCC3CC4)nn2)c1.O=C(O)/C=C/C(=O)O. The lowest BCUT2D eigenvalue weighted by atomic mass is 10.1. The van der Waals surface area contributed by atoms with Crippen molar-refractivity contribution in [2.75, 3.05) is 31.1 Å². The normalized spacial score (nSPS) is 19.3. The van der Waals surface area contributed by atoms with Gasteiger partial charge in [-0.05, 0) is 49.1 Å². The van der Waals surface area contributed by atoms with E-state index in [0.29, 0.717) is 29.5 Å². The second-order valence-electron chi connectivity index (χ2n) is 7.31. The smallest absolute Gasteiger partial charge is 0.328 e. The average molecular weight is 438 g/mol. The maximum absolute atomic E-state index is 13.2. The molecule has 0 spiro atoms. The first-order valence-corrected chi connectivity index (χ1v) is 10.1. The van der Waals surface area contributed by atoms with Gasteiger partial charge < -0.3 is 20.0 Å². The Balaban J connectivity index is 0.000000312. The van der Waals surface area contributed by atoms with Crippen molar-refractivity contribution in [2.45, 2.75) is 18.9 Å². The predicted octanol–water partition coefficient (Wildman–Crippen LogP) is 2.01. The van der Waals surface area contributed by atoms with Gasteiger partial charge >= 0.3 is 11.9 Å². The van der Waals surface area contributed by atoms with Crippen LogP contribution in [-0.4, -0.2) is 69.5 Å². The molecule has 8 nitrogen and oxygen atoms in total. The lowest BCUT2D eigenvalue weighted by Gasteiger charge is -2.31. The fourth-order valence-corrected chi connectivity index (χ4v) is 3.58. The van der Waals surface area contributed by atoms with Crippen molar-refractivity contribution in [3.8, 4) is 11.8 Å². The average Bonchev–Trinajstić information content (AvgIpc) is 3.11. The molecule has 166 valence electrons. The van der Waals surface area contributed by atoms with E-state index in [9.17, 15) is 14.0 Å². The number of carboxylic acids is 2. The van der Waals surface area contributed by atoms with Crippen LogP contribution in [0.3, 0.4) is 0 Å². The van der Waals surface area contributed by atoms with Crippen LogP contribution >= 0.6 is 0 Å². The molecule has 1 aromatic heterocycles. The van der Waals surface area contributed by atoms with Crippen LogP contribution in [0.1, 0.15) is 24.1 Å². The molecule has 3 aliphatic heterocycles. The summed E-state index contributed by atoms with van der Waals surface area (Å²) in [5.74, 6) is 4.01. The molecular formula is C23H23FN4O4. The van der Waals surface area contributed by atoms with E-state index in [1.165, 1.54) is 38.1 Å². The summed E-state index contributed by atoms with van der Waals surface area (Å²) in [6.07, 6.45) is 3.51. The van der Waals surface area contributed by atoms with Gasteiger partial charge in [0.1, 0.15) is 11.5 Å². The highest BCUT2D eigenvalue weighted by Crippen LogP contribution is 2.24. The first-order chi connectivity index (χ1) is 15.4. The number of halogens is 1. The van der Waals surface area contributed by atoms with Gasteiger partial charge in [-0.3, -0.25) is 0 Å². The molecule has 3 saturated heterocycles. The van der Waals surface area contributed by atoms with Gasteiger partial charge in [0.25, 0.3) is 0 Å². The fourth-order valence-electron chi connectivity index (χ4n) is 3.58. The van der Waals surface area contributed by atoms with E-state index in [-0.39, 0.29) is 5.82 Å². The number of carboxylic acid groups (broad SMARTS) is 2. The molecule has 2 aromatic rings. The second kappa shape index (κ2) is 11.0. The third-order valence-corrected chi connectivity index (χ3v) is 5.13. The van der Waals surface area contributed by atoms with E-state index in [1.807, 2.05) is 12.1 Å². The van der Waals surface area contributed by atoms with E-state index < -0.39 is 11.9 Å². The fraction of sp³-hybridized carbons (Fsp3) is 0.304. The Morgan fingerprint density at radius 2 is 1.69 bits per heavy atom. The van der Waals surface area contributed by atoms with Gasteiger partial charge in [-0.15, -0.1) is 10.2 Å². The molecule has 5 rings (SSSR count). The van der Waals surface area contributed by atoms with Gasteiger partial charge in [0.2, 0.25) is 0 Å². The summed E-state index contributed by atoms with van der Waals surface area (Å²) in [6.45, 7) is 4.48. The lowest BCUT2D eigenvalue weighted by molar-refractivity contribution is -0.134. The molecule has 3 fully saturated rings.